The SMILES string of the molecule is Cc1noc(C)c1COc1ccc(CC(=O)NC2CCNCC2C)cc1. The average molecular weight is 357 g/mol. The number of ether oxygens (including phenoxy) is 1. The van der Waals surface area contributed by atoms with Gasteiger partial charge in [-0.05, 0) is 57.0 Å². The molecule has 1 aromatic carbocycles. The average Bonchev–Trinajstić information content (AvgIpc) is 2.94. The topological polar surface area (TPSA) is 76.4 Å². The van der Waals surface area contributed by atoms with Gasteiger partial charge in [-0.1, -0.05) is 24.2 Å². The third kappa shape index (κ3) is 4.64. The molecule has 2 N–H and O–H groups in total. The summed E-state index contributed by atoms with van der Waals surface area (Å²) in [6.45, 7) is 8.30. The molecule has 3 rings (SSSR count). The quantitative estimate of drug-likeness (QED) is 0.831. The normalized spacial score (nSPS) is 20.0. The zero-order valence-electron chi connectivity index (χ0n) is 15.7. The van der Waals surface area contributed by atoms with Crippen molar-refractivity contribution < 1.29 is 14.1 Å². The Kier molecular flexibility index (Phi) is 5.93. The zero-order chi connectivity index (χ0) is 18.5. The highest BCUT2D eigenvalue weighted by molar-refractivity contribution is 5.78. The molecule has 1 aliphatic heterocycles. The highest BCUT2D eigenvalue weighted by Gasteiger charge is 2.22. The third-order valence-corrected chi connectivity index (χ3v) is 4.98. The van der Waals surface area contributed by atoms with E-state index in [1.807, 2.05) is 38.1 Å². The molecule has 1 fully saturated rings. The molecular formula is C20H27N3O3. The molecule has 1 aromatic heterocycles. The molecule has 2 heterocycles. The van der Waals surface area contributed by atoms with Crippen molar-refractivity contribution >= 4 is 5.91 Å². The van der Waals surface area contributed by atoms with Crippen LogP contribution in [0.3, 0.4) is 0 Å². The van der Waals surface area contributed by atoms with Crippen molar-refractivity contribution in [1.29, 1.82) is 0 Å². The van der Waals surface area contributed by atoms with Gasteiger partial charge in [0.05, 0.1) is 17.7 Å². The van der Waals surface area contributed by atoms with Crippen molar-refractivity contribution in [1.82, 2.24) is 15.8 Å². The van der Waals surface area contributed by atoms with Gasteiger partial charge in [-0.15, -0.1) is 0 Å². The second-order valence-electron chi connectivity index (χ2n) is 7.06. The molecule has 2 atom stereocenters. The highest BCUT2D eigenvalue weighted by atomic mass is 16.5. The minimum Gasteiger partial charge on any atom is -0.489 e. The van der Waals surface area contributed by atoms with Crippen LogP contribution >= 0.6 is 0 Å². The van der Waals surface area contributed by atoms with E-state index in [1.165, 1.54) is 0 Å². The van der Waals surface area contributed by atoms with E-state index in [2.05, 4.69) is 22.7 Å². The van der Waals surface area contributed by atoms with E-state index in [0.717, 1.165) is 47.8 Å². The van der Waals surface area contributed by atoms with E-state index in [4.69, 9.17) is 9.26 Å². The summed E-state index contributed by atoms with van der Waals surface area (Å²) >= 11 is 0. The number of nitrogens with zero attached hydrogens (tertiary/aromatic N) is 1. The van der Waals surface area contributed by atoms with E-state index in [-0.39, 0.29) is 11.9 Å². The van der Waals surface area contributed by atoms with Crippen molar-refractivity contribution in [3.8, 4) is 5.75 Å². The number of benzene rings is 1. The molecule has 140 valence electrons. The molecule has 0 spiro atoms. The van der Waals surface area contributed by atoms with E-state index in [1.54, 1.807) is 0 Å². The predicted molar refractivity (Wildman–Crippen MR) is 99.0 cm³/mol. The lowest BCUT2D eigenvalue weighted by atomic mass is 9.95. The maximum Gasteiger partial charge on any atom is 0.224 e. The van der Waals surface area contributed by atoms with Crippen LogP contribution < -0.4 is 15.4 Å². The summed E-state index contributed by atoms with van der Waals surface area (Å²) in [5.41, 5.74) is 2.81. The summed E-state index contributed by atoms with van der Waals surface area (Å²) in [7, 11) is 0. The first-order valence-corrected chi connectivity index (χ1v) is 9.16. The lowest BCUT2D eigenvalue weighted by Gasteiger charge is -2.30. The number of aryl methyl sites for hydroxylation is 2. The Balaban J connectivity index is 1.50. The first-order chi connectivity index (χ1) is 12.5. The second kappa shape index (κ2) is 8.36. The summed E-state index contributed by atoms with van der Waals surface area (Å²) in [5.74, 6) is 2.09. The number of amides is 1. The van der Waals surface area contributed by atoms with Crippen LogP contribution in [0.5, 0.6) is 5.75 Å². The number of nitrogens with one attached hydrogen (secondary N) is 2. The molecule has 0 saturated carbocycles. The molecule has 1 saturated heterocycles. The van der Waals surface area contributed by atoms with Gasteiger partial charge in [0.15, 0.2) is 0 Å². The van der Waals surface area contributed by atoms with Gasteiger partial charge in [-0.25, -0.2) is 0 Å². The van der Waals surface area contributed by atoms with Gasteiger partial charge in [0.2, 0.25) is 5.91 Å². The van der Waals surface area contributed by atoms with Gasteiger partial charge in [0, 0.05) is 6.04 Å². The summed E-state index contributed by atoms with van der Waals surface area (Å²) in [5, 5.41) is 10.4. The van der Waals surface area contributed by atoms with Gasteiger partial charge < -0.3 is 19.9 Å². The number of aromatic nitrogens is 1. The van der Waals surface area contributed by atoms with Gasteiger partial charge in [0.1, 0.15) is 18.1 Å². The number of hydrogen-bond acceptors (Lipinski definition) is 5. The van der Waals surface area contributed by atoms with Gasteiger partial charge in [-0.2, -0.15) is 0 Å². The fourth-order valence-electron chi connectivity index (χ4n) is 3.24. The summed E-state index contributed by atoms with van der Waals surface area (Å²) in [6.07, 6.45) is 1.38. The van der Waals surface area contributed by atoms with Crippen LogP contribution in [0.4, 0.5) is 0 Å². The maximum absolute atomic E-state index is 12.3. The molecule has 6 nitrogen and oxygen atoms in total. The van der Waals surface area contributed by atoms with Crippen molar-refractivity contribution in [2.24, 2.45) is 5.92 Å². The minimum atomic E-state index is 0.0770. The molecule has 0 aliphatic carbocycles. The first-order valence-electron chi connectivity index (χ1n) is 9.16. The van der Waals surface area contributed by atoms with Crippen LogP contribution in [0, 0.1) is 19.8 Å². The Bertz CT molecular complexity index is 720. The largest absolute Gasteiger partial charge is 0.489 e. The van der Waals surface area contributed by atoms with E-state index >= 15 is 0 Å². The van der Waals surface area contributed by atoms with Crippen LogP contribution in [0.1, 0.15) is 35.9 Å². The second-order valence-corrected chi connectivity index (χ2v) is 7.06. The van der Waals surface area contributed by atoms with Crippen molar-refractivity contribution in [2.45, 2.75) is 46.3 Å². The lowest BCUT2D eigenvalue weighted by Crippen LogP contribution is -2.48. The highest BCUT2D eigenvalue weighted by Crippen LogP contribution is 2.18. The van der Waals surface area contributed by atoms with E-state index < -0.39 is 0 Å². The zero-order valence-corrected chi connectivity index (χ0v) is 15.7. The Morgan fingerprint density at radius 1 is 1.35 bits per heavy atom. The predicted octanol–water partition coefficient (Wildman–Crippen LogP) is 2.53. The fourth-order valence-corrected chi connectivity index (χ4v) is 3.24. The third-order valence-electron chi connectivity index (χ3n) is 4.98. The Hall–Kier alpha value is -2.34. The molecule has 0 bridgehead atoms. The fraction of sp³-hybridized carbons (Fsp3) is 0.500. The maximum atomic E-state index is 12.3. The minimum absolute atomic E-state index is 0.0770. The van der Waals surface area contributed by atoms with Gasteiger partial charge in [-0.3, -0.25) is 4.79 Å². The Labute approximate surface area is 154 Å². The summed E-state index contributed by atoms with van der Waals surface area (Å²) in [6, 6.07) is 7.94. The van der Waals surface area contributed by atoms with Crippen molar-refractivity contribution in [2.75, 3.05) is 13.1 Å². The molecule has 0 radical (unpaired) electrons. The first kappa shape index (κ1) is 18.5. The van der Waals surface area contributed by atoms with Crippen molar-refractivity contribution in [3.63, 3.8) is 0 Å². The number of hydrogen-bond donors (Lipinski definition) is 2. The number of carbonyl (C=O) groups excluding carboxylic acids is 1. The molecule has 26 heavy (non-hydrogen) atoms. The summed E-state index contributed by atoms with van der Waals surface area (Å²) < 4.78 is 10.9. The van der Waals surface area contributed by atoms with Gasteiger partial charge in [0.25, 0.3) is 0 Å². The monoisotopic (exact) mass is 357 g/mol. The molecule has 2 unspecified atom stereocenters. The van der Waals surface area contributed by atoms with Crippen LogP contribution in [-0.2, 0) is 17.8 Å². The van der Waals surface area contributed by atoms with Crippen LogP contribution in [-0.4, -0.2) is 30.2 Å². The lowest BCUT2D eigenvalue weighted by molar-refractivity contribution is -0.121. The molecule has 6 heteroatoms. The molecular weight excluding hydrogens is 330 g/mol. The van der Waals surface area contributed by atoms with Gasteiger partial charge >= 0.3 is 0 Å². The summed E-state index contributed by atoms with van der Waals surface area (Å²) in [4.78, 5) is 12.3. The van der Waals surface area contributed by atoms with Crippen LogP contribution in [0.15, 0.2) is 28.8 Å². The van der Waals surface area contributed by atoms with E-state index in [9.17, 15) is 4.79 Å². The molecule has 2 aromatic rings. The Morgan fingerprint density at radius 3 is 2.77 bits per heavy atom. The molecule has 1 amide bonds. The smallest absolute Gasteiger partial charge is 0.224 e. The Morgan fingerprint density at radius 2 is 2.12 bits per heavy atom. The standard InChI is InChI=1S/C20H27N3O3/c1-13-11-21-9-8-19(13)22-20(24)10-16-4-6-17(7-5-16)25-12-18-14(2)23-26-15(18)3/h4-7,13,19,21H,8-12H2,1-3H3,(H,22,24). The number of carbonyl (C=O) groups is 1. The number of rotatable bonds is 6. The van der Waals surface area contributed by atoms with E-state index in [0.29, 0.717) is 18.9 Å². The van der Waals surface area contributed by atoms with Crippen LogP contribution in [0.2, 0.25) is 0 Å². The van der Waals surface area contributed by atoms with Crippen molar-refractivity contribution in [3.05, 3.63) is 46.8 Å². The molecule has 1 aliphatic rings. The van der Waals surface area contributed by atoms with Crippen LogP contribution in [0.25, 0.3) is 0 Å². The number of piperidine rings is 1.